The smallest absolute Gasteiger partial charge is 0.332 e. The number of nitrogens with zero attached hydrogens (tertiary/aromatic N) is 1. The monoisotopic (exact) mass is 343 g/mol. The van der Waals surface area contributed by atoms with Crippen LogP contribution < -0.4 is 30.1 Å². The highest BCUT2D eigenvalue weighted by Crippen LogP contribution is 2.52. The zero-order chi connectivity index (χ0) is 17.0. The second-order valence-corrected chi connectivity index (χ2v) is 5.49. The molecule has 2 rings (SSSR count). The lowest BCUT2D eigenvalue weighted by Gasteiger charge is -2.18. The molecule has 1 aliphatic heterocycles. The summed E-state index contributed by atoms with van der Waals surface area (Å²) in [5.74, 6) is 1.78. The lowest BCUT2D eigenvalue weighted by Crippen LogP contribution is -2.24. The standard InChI is InChI=1S/C14H18ClN3O5/c1-7(15)4-8-9(5-17-18-14(16)19)11(21-3)13-12(10(8)20-2)22-6-23-13/h5,7H,4,6H2,1-3H3,(H3,16,18,19)/b17-5-/t7-/m1/s1. The number of amides is 2. The van der Waals surface area contributed by atoms with Crippen LogP contribution in [0, 0.1) is 0 Å². The van der Waals surface area contributed by atoms with Crippen molar-refractivity contribution < 1.29 is 23.7 Å². The van der Waals surface area contributed by atoms with Crippen molar-refractivity contribution in [3.05, 3.63) is 11.1 Å². The minimum Gasteiger partial charge on any atom is -0.492 e. The summed E-state index contributed by atoms with van der Waals surface area (Å²) in [7, 11) is 3.02. The molecule has 2 amide bonds. The molecule has 23 heavy (non-hydrogen) atoms. The molecular formula is C14H18ClN3O5. The number of methoxy groups -OCH3 is 2. The Morgan fingerprint density at radius 2 is 2.00 bits per heavy atom. The van der Waals surface area contributed by atoms with Crippen LogP contribution in [0.25, 0.3) is 0 Å². The molecule has 1 aromatic carbocycles. The van der Waals surface area contributed by atoms with Crippen LogP contribution in [0.4, 0.5) is 4.79 Å². The third-order valence-corrected chi connectivity index (χ3v) is 3.29. The maximum atomic E-state index is 10.8. The number of primary amides is 1. The highest BCUT2D eigenvalue weighted by atomic mass is 35.5. The molecule has 126 valence electrons. The summed E-state index contributed by atoms with van der Waals surface area (Å²) in [6.07, 6.45) is 1.87. The number of carbonyl (C=O) groups is 1. The Bertz CT molecular complexity index is 634. The Balaban J connectivity index is 2.63. The van der Waals surface area contributed by atoms with Crippen LogP contribution >= 0.6 is 11.6 Å². The van der Waals surface area contributed by atoms with Crippen molar-refractivity contribution >= 4 is 23.8 Å². The molecular weight excluding hydrogens is 326 g/mol. The number of nitrogens with one attached hydrogen (secondary N) is 1. The van der Waals surface area contributed by atoms with Gasteiger partial charge in [-0.2, -0.15) is 5.10 Å². The number of rotatable bonds is 6. The molecule has 0 saturated carbocycles. The van der Waals surface area contributed by atoms with E-state index in [1.807, 2.05) is 6.92 Å². The Kier molecular flexibility index (Phi) is 5.38. The lowest BCUT2D eigenvalue weighted by atomic mass is 9.99. The predicted molar refractivity (Wildman–Crippen MR) is 85.0 cm³/mol. The summed E-state index contributed by atoms with van der Waals surface area (Å²) in [5, 5.41) is 3.62. The van der Waals surface area contributed by atoms with Gasteiger partial charge in [-0.3, -0.25) is 0 Å². The van der Waals surface area contributed by atoms with Gasteiger partial charge in [0.05, 0.1) is 20.4 Å². The highest BCUT2D eigenvalue weighted by molar-refractivity contribution is 6.20. The molecule has 0 saturated heterocycles. The second kappa shape index (κ2) is 7.28. The minimum absolute atomic E-state index is 0.0536. The Morgan fingerprint density at radius 1 is 1.39 bits per heavy atom. The first-order valence-corrected chi connectivity index (χ1v) is 7.22. The average Bonchev–Trinajstić information content (AvgIpc) is 2.95. The molecule has 0 bridgehead atoms. The molecule has 3 N–H and O–H groups in total. The number of benzene rings is 1. The van der Waals surface area contributed by atoms with Crippen molar-refractivity contribution in [2.24, 2.45) is 10.8 Å². The van der Waals surface area contributed by atoms with E-state index in [1.54, 1.807) is 0 Å². The molecule has 9 heteroatoms. The van der Waals surface area contributed by atoms with Crippen LogP contribution in [0.2, 0.25) is 0 Å². The van der Waals surface area contributed by atoms with E-state index in [1.165, 1.54) is 20.4 Å². The van der Waals surface area contributed by atoms with Gasteiger partial charge in [0, 0.05) is 16.5 Å². The first-order valence-electron chi connectivity index (χ1n) is 6.78. The fourth-order valence-corrected chi connectivity index (χ4v) is 2.49. The topological polar surface area (TPSA) is 104 Å². The van der Waals surface area contributed by atoms with Gasteiger partial charge in [-0.15, -0.1) is 11.6 Å². The third kappa shape index (κ3) is 3.53. The Hall–Kier alpha value is -2.35. The van der Waals surface area contributed by atoms with Gasteiger partial charge in [-0.05, 0) is 13.3 Å². The number of fused-ring (bicyclic) bond motifs is 1. The molecule has 0 spiro atoms. The highest BCUT2D eigenvalue weighted by Gasteiger charge is 2.31. The maximum Gasteiger partial charge on any atom is 0.332 e. The van der Waals surface area contributed by atoms with Gasteiger partial charge in [0.2, 0.25) is 18.3 Å². The molecule has 0 unspecified atom stereocenters. The number of alkyl halides is 1. The number of hydrogen-bond donors (Lipinski definition) is 2. The van der Waals surface area contributed by atoms with E-state index in [0.29, 0.717) is 35.0 Å². The number of hydrogen-bond acceptors (Lipinski definition) is 6. The first kappa shape index (κ1) is 17.0. The van der Waals surface area contributed by atoms with Crippen molar-refractivity contribution in [3.8, 4) is 23.0 Å². The van der Waals surface area contributed by atoms with Crippen molar-refractivity contribution in [3.63, 3.8) is 0 Å². The van der Waals surface area contributed by atoms with Gasteiger partial charge >= 0.3 is 6.03 Å². The molecule has 0 aliphatic carbocycles. The van der Waals surface area contributed by atoms with Crippen LogP contribution in [0.3, 0.4) is 0 Å². The normalized spacial score (nSPS) is 13.9. The van der Waals surface area contributed by atoms with Crippen LogP contribution in [0.1, 0.15) is 18.1 Å². The molecule has 1 heterocycles. The number of urea groups is 1. The van der Waals surface area contributed by atoms with Gasteiger partial charge in [0.15, 0.2) is 11.5 Å². The molecule has 0 aromatic heterocycles. The van der Waals surface area contributed by atoms with E-state index in [4.69, 9.17) is 36.3 Å². The van der Waals surface area contributed by atoms with Gasteiger partial charge in [-0.1, -0.05) is 0 Å². The number of ether oxygens (including phenoxy) is 4. The van der Waals surface area contributed by atoms with E-state index in [0.717, 1.165) is 5.56 Å². The van der Waals surface area contributed by atoms with E-state index in [2.05, 4.69) is 10.5 Å². The van der Waals surface area contributed by atoms with Crippen molar-refractivity contribution in [2.45, 2.75) is 18.7 Å². The van der Waals surface area contributed by atoms with Crippen LogP contribution in [-0.4, -0.2) is 38.6 Å². The van der Waals surface area contributed by atoms with Gasteiger partial charge in [-0.25, -0.2) is 10.2 Å². The maximum absolute atomic E-state index is 10.8. The summed E-state index contributed by atoms with van der Waals surface area (Å²) in [5.41, 5.74) is 8.44. The van der Waals surface area contributed by atoms with Crippen molar-refractivity contribution in [2.75, 3.05) is 21.0 Å². The molecule has 1 aliphatic rings. The predicted octanol–water partition coefficient (Wildman–Crippen LogP) is 1.60. The molecule has 1 aromatic rings. The van der Waals surface area contributed by atoms with Crippen LogP contribution in [-0.2, 0) is 6.42 Å². The molecule has 8 nitrogen and oxygen atoms in total. The first-order chi connectivity index (χ1) is 11.0. The SMILES string of the molecule is COc1c(/C=N\NC(N)=O)c(C[C@@H](C)Cl)c(OC)c2c1OCO2. The summed E-state index contributed by atoms with van der Waals surface area (Å²) < 4.78 is 21.8. The fourth-order valence-electron chi connectivity index (χ4n) is 2.33. The number of carbonyl (C=O) groups excluding carboxylic acids is 1. The fraction of sp³-hybridized carbons (Fsp3) is 0.429. The van der Waals surface area contributed by atoms with Gasteiger partial charge in [0.25, 0.3) is 0 Å². The summed E-state index contributed by atoms with van der Waals surface area (Å²) in [6.45, 7) is 1.90. The largest absolute Gasteiger partial charge is 0.492 e. The van der Waals surface area contributed by atoms with E-state index < -0.39 is 6.03 Å². The van der Waals surface area contributed by atoms with Crippen LogP contribution in [0.15, 0.2) is 5.10 Å². The minimum atomic E-state index is -0.778. The average molecular weight is 344 g/mol. The zero-order valence-electron chi connectivity index (χ0n) is 13.0. The zero-order valence-corrected chi connectivity index (χ0v) is 13.8. The van der Waals surface area contributed by atoms with E-state index in [-0.39, 0.29) is 12.2 Å². The number of halogens is 1. The Morgan fingerprint density at radius 3 is 2.52 bits per heavy atom. The van der Waals surface area contributed by atoms with E-state index in [9.17, 15) is 4.79 Å². The number of hydrazone groups is 1. The quantitative estimate of drug-likeness (QED) is 0.464. The van der Waals surface area contributed by atoms with E-state index >= 15 is 0 Å². The number of nitrogens with two attached hydrogens (primary N) is 1. The third-order valence-electron chi connectivity index (χ3n) is 3.13. The molecule has 1 atom stereocenters. The van der Waals surface area contributed by atoms with Gasteiger partial charge < -0.3 is 24.7 Å². The van der Waals surface area contributed by atoms with Crippen molar-refractivity contribution in [1.29, 1.82) is 0 Å². The Labute approximate surface area is 138 Å². The van der Waals surface area contributed by atoms with Crippen molar-refractivity contribution in [1.82, 2.24) is 5.43 Å². The summed E-state index contributed by atoms with van der Waals surface area (Å²) in [6, 6.07) is -0.778. The molecule has 0 fully saturated rings. The van der Waals surface area contributed by atoms with Crippen LogP contribution in [0.5, 0.6) is 23.0 Å². The lowest BCUT2D eigenvalue weighted by molar-refractivity contribution is 0.168. The summed E-state index contributed by atoms with van der Waals surface area (Å²) in [4.78, 5) is 10.8. The second-order valence-electron chi connectivity index (χ2n) is 4.74. The molecule has 0 radical (unpaired) electrons. The summed E-state index contributed by atoms with van der Waals surface area (Å²) >= 11 is 6.14. The van der Waals surface area contributed by atoms with Gasteiger partial charge in [0.1, 0.15) is 0 Å².